The summed E-state index contributed by atoms with van der Waals surface area (Å²) in [7, 11) is 0. The van der Waals surface area contributed by atoms with Crippen LogP contribution in [0.4, 0.5) is 0 Å². The van der Waals surface area contributed by atoms with Gasteiger partial charge in [0.25, 0.3) is 0 Å². The van der Waals surface area contributed by atoms with Crippen LogP contribution in [-0.4, -0.2) is 0 Å². The van der Waals surface area contributed by atoms with E-state index in [4.69, 9.17) is 17.4 Å². The second-order valence-electron chi connectivity index (χ2n) is 3.28. The molecule has 5 heteroatoms. The van der Waals surface area contributed by atoms with Crippen molar-refractivity contribution in [3.63, 3.8) is 0 Å². The lowest BCUT2D eigenvalue weighted by atomic mass is 10.1. The van der Waals surface area contributed by atoms with Crippen molar-refractivity contribution < 1.29 is 0 Å². The van der Waals surface area contributed by atoms with Gasteiger partial charge in [0.15, 0.2) is 0 Å². The Hall–Kier alpha value is -0.140. The second-order valence-corrected chi connectivity index (χ2v) is 5.86. The largest absolute Gasteiger partial charge is 0.271 e. The molecular weight excluding hydrogens is 355 g/mol. The van der Waals surface area contributed by atoms with Crippen molar-refractivity contribution in [1.29, 1.82) is 0 Å². The van der Waals surface area contributed by atoms with Crippen LogP contribution >= 0.6 is 45.5 Å². The Labute approximate surface area is 117 Å². The summed E-state index contributed by atoms with van der Waals surface area (Å²) in [5, 5.41) is 2.77. The monoisotopic (exact) mass is 364 g/mol. The smallest absolute Gasteiger partial charge is 0.0813 e. The van der Waals surface area contributed by atoms with Crippen LogP contribution < -0.4 is 11.3 Å². The third-order valence-corrected chi connectivity index (χ3v) is 4.42. The molecule has 0 radical (unpaired) electrons. The van der Waals surface area contributed by atoms with Crippen molar-refractivity contribution in [2.75, 3.05) is 0 Å². The molecule has 0 fully saturated rings. The fraction of sp³-hybridized carbons (Fsp3) is 0.0909. The van der Waals surface area contributed by atoms with Gasteiger partial charge in [-0.1, -0.05) is 17.7 Å². The zero-order chi connectivity index (χ0) is 11.5. The van der Waals surface area contributed by atoms with E-state index in [-0.39, 0.29) is 6.04 Å². The molecule has 0 amide bonds. The predicted molar refractivity (Wildman–Crippen MR) is 77.7 cm³/mol. The summed E-state index contributed by atoms with van der Waals surface area (Å²) >= 11 is 9.98. The Morgan fingerprint density at radius 1 is 1.38 bits per heavy atom. The van der Waals surface area contributed by atoms with Gasteiger partial charge in [-0.15, -0.1) is 11.3 Å². The molecule has 1 unspecified atom stereocenters. The third-order valence-electron chi connectivity index (χ3n) is 2.26. The molecule has 0 spiro atoms. The quantitative estimate of drug-likeness (QED) is 0.496. The van der Waals surface area contributed by atoms with Crippen LogP contribution in [0.5, 0.6) is 0 Å². The Bertz CT molecular complexity index is 473. The molecule has 0 aliphatic heterocycles. The van der Waals surface area contributed by atoms with Crippen molar-refractivity contribution in [2.24, 2.45) is 5.84 Å². The number of benzene rings is 1. The van der Waals surface area contributed by atoms with Gasteiger partial charge in [0.05, 0.1) is 6.04 Å². The lowest BCUT2D eigenvalue weighted by molar-refractivity contribution is 0.644. The van der Waals surface area contributed by atoms with Crippen molar-refractivity contribution >= 4 is 45.5 Å². The maximum Gasteiger partial charge on any atom is 0.0813 e. The van der Waals surface area contributed by atoms with Crippen LogP contribution in [0.25, 0.3) is 0 Å². The normalized spacial score (nSPS) is 12.7. The average molecular weight is 365 g/mol. The molecule has 1 aromatic carbocycles. The zero-order valence-electron chi connectivity index (χ0n) is 8.28. The first-order valence-corrected chi connectivity index (χ1v) is 7.00. The number of nitrogens with one attached hydrogen (secondary N) is 1. The number of thiophene rings is 1. The lowest BCUT2D eigenvalue weighted by Crippen LogP contribution is -2.28. The highest BCUT2D eigenvalue weighted by Crippen LogP contribution is 2.30. The summed E-state index contributed by atoms with van der Waals surface area (Å²) in [5.74, 6) is 5.63. The molecule has 0 saturated heterocycles. The number of halogens is 2. The highest BCUT2D eigenvalue weighted by atomic mass is 127. The van der Waals surface area contributed by atoms with Crippen molar-refractivity contribution in [3.05, 3.63) is 54.7 Å². The number of rotatable bonds is 3. The van der Waals surface area contributed by atoms with Crippen LogP contribution in [-0.2, 0) is 0 Å². The summed E-state index contributed by atoms with van der Waals surface area (Å²) in [5.41, 5.74) is 3.95. The van der Waals surface area contributed by atoms with Gasteiger partial charge in [0, 0.05) is 13.5 Å². The minimum atomic E-state index is 0.00519. The first-order chi connectivity index (χ1) is 7.72. The fourth-order valence-corrected chi connectivity index (χ4v) is 3.15. The molecule has 0 aliphatic rings. The molecule has 3 N–H and O–H groups in total. The van der Waals surface area contributed by atoms with E-state index in [2.05, 4.69) is 34.1 Å². The Morgan fingerprint density at radius 3 is 2.81 bits per heavy atom. The van der Waals surface area contributed by atoms with Crippen molar-refractivity contribution in [2.45, 2.75) is 6.04 Å². The average Bonchev–Trinajstić information content (AvgIpc) is 2.78. The predicted octanol–water partition coefficient (Wildman–Crippen LogP) is 3.56. The minimum absolute atomic E-state index is 0.00519. The molecule has 84 valence electrons. The zero-order valence-corrected chi connectivity index (χ0v) is 12.0. The van der Waals surface area contributed by atoms with Crippen LogP contribution in [0.1, 0.15) is 16.5 Å². The fourth-order valence-electron chi connectivity index (χ4n) is 1.52. The van der Waals surface area contributed by atoms with E-state index < -0.39 is 0 Å². The third kappa shape index (κ3) is 2.57. The highest BCUT2D eigenvalue weighted by molar-refractivity contribution is 14.1. The van der Waals surface area contributed by atoms with Gasteiger partial charge < -0.3 is 0 Å². The van der Waals surface area contributed by atoms with E-state index in [0.717, 1.165) is 14.2 Å². The standard InChI is InChI=1S/C11H10ClIN2S/c12-7-3-4-9(13)8(6-7)11(15-14)10-2-1-5-16-10/h1-6,11,15H,14H2. The SMILES string of the molecule is NNC(c1cccs1)c1cc(Cl)ccc1I. The van der Waals surface area contributed by atoms with Crippen molar-refractivity contribution in [3.8, 4) is 0 Å². The van der Waals surface area contributed by atoms with E-state index in [0.29, 0.717) is 0 Å². The summed E-state index contributed by atoms with van der Waals surface area (Å²) in [6.07, 6.45) is 0. The summed E-state index contributed by atoms with van der Waals surface area (Å²) in [6, 6.07) is 9.91. The van der Waals surface area contributed by atoms with E-state index in [1.807, 2.05) is 29.6 Å². The van der Waals surface area contributed by atoms with Gasteiger partial charge in [-0.3, -0.25) is 5.84 Å². The molecule has 1 atom stereocenters. The minimum Gasteiger partial charge on any atom is -0.271 e. The van der Waals surface area contributed by atoms with Crippen LogP contribution in [0.3, 0.4) is 0 Å². The second kappa shape index (κ2) is 5.46. The molecule has 0 saturated carbocycles. The van der Waals surface area contributed by atoms with Gasteiger partial charge in [-0.25, -0.2) is 5.43 Å². The maximum absolute atomic E-state index is 6.01. The molecule has 2 rings (SSSR count). The van der Waals surface area contributed by atoms with Crippen LogP contribution in [0.15, 0.2) is 35.7 Å². The highest BCUT2D eigenvalue weighted by Gasteiger charge is 2.16. The first-order valence-electron chi connectivity index (χ1n) is 4.67. The van der Waals surface area contributed by atoms with Gasteiger partial charge in [0.2, 0.25) is 0 Å². The Balaban J connectivity index is 2.44. The number of nitrogens with two attached hydrogens (primary N) is 1. The molecule has 2 aromatic rings. The molecule has 1 aromatic heterocycles. The number of hydrogen-bond donors (Lipinski definition) is 2. The molecule has 16 heavy (non-hydrogen) atoms. The van der Waals surface area contributed by atoms with Crippen LogP contribution in [0, 0.1) is 3.57 Å². The molecule has 0 aliphatic carbocycles. The maximum atomic E-state index is 6.01. The Kier molecular flexibility index (Phi) is 4.21. The van der Waals surface area contributed by atoms with Crippen molar-refractivity contribution in [1.82, 2.24) is 5.43 Å². The van der Waals surface area contributed by atoms with E-state index in [9.17, 15) is 0 Å². The van der Waals surface area contributed by atoms with Gasteiger partial charge >= 0.3 is 0 Å². The van der Waals surface area contributed by atoms with Gasteiger partial charge in [-0.05, 0) is 57.8 Å². The Morgan fingerprint density at radius 2 is 2.19 bits per heavy atom. The number of hydrogen-bond acceptors (Lipinski definition) is 3. The summed E-state index contributed by atoms with van der Waals surface area (Å²) in [6.45, 7) is 0. The molecule has 1 heterocycles. The summed E-state index contributed by atoms with van der Waals surface area (Å²) in [4.78, 5) is 1.18. The van der Waals surface area contributed by atoms with Crippen LogP contribution in [0.2, 0.25) is 5.02 Å². The van der Waals surface area contributed by atoms with E-state index in [1.165, 1.54) is 4.88 Å². The number of hydrazine groups is 1. The topological polar surface area (TPSA) is 38.0 Å². The molecular formula is C11H10ClIN2S. The van der Waals surface area contributed by atoms with Gasteiger partial charge in [0.1, 0.15) is 0 Å². The lowest BCUT2D eigenvalue weighted by Gasteiger charge is -2.16. The van der Waals surface area contributed by atoms with E-state index in [1.54, 1.807) is 11.3 Å². The first kappa shape index (κ1) is 12.3. The molecule has 2 nitrogen and oxygen atoms in total. The van der Waals surface area contributed by atoms with E-state index >= 15 is 0 Å². The molecule has 0 bridgehead atoms. The summed E-state index contributed by atoms with van der Waals surface area (Å²) < 4.78 is 1.15. The van der Waals surface area contributed by atoms with Gasteiger partial charge in [-0.2, -0.15) is 0 Å².